The molecule has 2 aromatic heterocycles. The Kier molecular flexibility index (Phi) is 8.91. The van der Waals surface area contributed by atoms with E-state index in [9.17, 15) is 14.4 Å². The minimum absolute atomic E-state index is 0.136. The van der Waals surface area contributed by atoms with E-state index in [0.29, 0.717) is 28.4 Å². The molecule has 0 spiro atoms. The first-order valence-electron chi connectivity index (χ1n) is 14.3. The summed E-state index contributed by atoms with van der Waals surface area (Å²) in [5.74, 6) is 0.150. The average molecular weight is 610 g/mol. The number of hydrogen-bond donors (Lipinski definition) is 4. The van der Waals surface area contributed by atoms with Crippen LogP contribution in [0.25, 0.3) is 16.9 Å². The van der Waals surface area contributed by atoms with E-state index in [1.54, 1.807) is 41.4 Å². The molecule has 45 heavy (non-hydrogen) atoms. The molecule has 0 unspecified atom stereocenters. The van der Waals surface area contributed by atoms with E-state index in [4.69, 9.17) is 16.2 Å². The standard InChI is InChI=1S/C32H35N9O4/c1-18-12-23(29(34)42)13-19(2)24(18)15-25(33)31(43)40(20(3)30-35-16-26(36-30)22-8-6-5-7-9-22)17-21-10-11-28(45-4)27(14-21)41-32(44)37-38-39-41/h5-14,16,20,25H,15,17,33H2,1-4H3,(H2,34,42)(H,35,36)(H,37,39,44)/t20-,25-/m0/s1. The number of methoxy groups -OCH3 is 1. The lowest BCUT2D eigenvalue weighted by Crippen LogP contribution is -2.46. The van der Waals surface area contributed by atoms with E-state index < -0.39 is 23.7 Å². The van der Waals surface area contributed by atoms with Crippen molar-refractivity contribution in [1.82, 2.24) is 35.1 Å². The Hall–Kier alpha value is -5.56. The van der Waals surface area contributed by atoms with Gasteiger partial charge in [-0.05, 0) is 89.7 Å². The molecule has 5 rings (SSSR count). The second-order valence-electron chi connectivity index (χ2n) is 10.9. The van der Waals surface area contributed by atoms with Crippen molar-refractivity contribution in [2.45, 2.75) is 45.8 Å². The highest BCUT2D eigenvalue weighted by molar-refractivity contribution is 5.93. The highest BCUT2D eigenvalue weighted by Gasteiger charge is 2.29. The number of benzene rings is 3. The van der Waals surface area contributed by atoms with Gasteiger partial charge in [-0.15, -0.1) is 0 Å². The minimum atomic E-state index is -0.913. The van der Waals surface area contributed by atoms with Gasteiger partial charge in [0.25, 0.3) is 0 Å². The molecule has 0 aliphatic rings. The van der Waals surface area contributed by atoms with Crippen LogP contribution < -0.4 is 21.9 Å². The highest BCUT2D eigenvalue weighted by atomic mass is 16.5. The summed E-state index contributed by atoms with van der Waals surface area (Å²) in [6.45, 7) is 5.75. The van der Waals surface area contributed by atoms with Crippen LogP contribution in [0.3, 0.4) is 0 Å². The number of nitrogens with one attached hydrogen (secondary N) is 2. The van der Waals surface area contributed by atoms with Crippen LogP contribution in [-0.4, -0.2) is 60.0 Å². The van der Waals surface area contributed by atoms with Crippen molar-refractivity contribution in [3.8, 4) is 22.7 Å². The number of tetrazole rings is 1. The quantitative estimate of drug-likeness (QED) is 0.176. The Morgan fingerprint density at radius 2 is 1.78 bits per heavy atom. The van der Waals surface area contributed by atoms with Gasteiger partial charge in [0, 0.05) is 12.1 Å². The van der Waals surface area contributed by atoms with Gasteiger partial charge < -0.3 is 26.1 Å². The van der Waals surface area contributed by atoms with Crippen LogP contribution in [0.2, 0.25) is 0 Å². The van der Waals surface area contributed by atoms with Crippen LogP contribution in [0, 0.1) is 13.8 Å². The van der Waals surface area contributed by atoms with Gasteiger partial charge in [0.2, 0.25) is 11.8 Å². The Labute approximate surface area is 259 Å². The first-order valence-corrected chi connectivity index (χ1v) is 14.3. The summed E-state index contributed by atoms with van der Waals surface area (Å²) >= 11 is 0. The number of ether oxygens (including phenoxy) is 1. The monoisotopic (exact) mass is 609 g/mol. The van der Waals surface area contributed by atoms with E-state index in [0.717, 1.165) is 32.6 Å². The van der Waals surface area contributed by atoms with Gasteiger partial charge in [0.15, 0.2) is 0 Å². The fourth-order valence-electron chi connectivity index (χ4n) is 5.40. The van der Waals surface area contributed by atoms with Crippen molar-refractivity contribution in [2.75, 3.05) is 7.11 Å². The number of nitrogens with two attached hydrogens (primary N) is 2. The lowest BCUT2D eigenvalue weighted by atomic mass is 9.93. The first kappa shape index (κ1) is 30.9. The molecule has 3 aromatic carbocycles. The van der Waals surface area contributed by atoms with Crippen molar-refractivity contribution < 1.29 is 14.3 Å². The molecule has 5 aromatic rings. The number of carbonyl (C=O) groups excluding carboxylic acids is 2. The molecule has 13 heteroatoms. The summed E-state index contributed by atoms with van der Waals surface area (Å²) in [7, 11) is 1.49. The fourth-order valence-corrected chi connectivity index (χ4v) is 5.40. The second-order valence-corrected chi connectivity index (χ2v) is 10.9. The highest BCUT2D eigenvalue weighted by Crippen LogP contribution is 2.28. The largest absolute Gasteiger partial charge is 0.494 e. The van der Waals surface area contributed by atoms with E-state index in [-0.39, 0.29) is 18.9 Å². The molecule has 2 atom stereocenters. The van der Waals surface area contributed by atoms with Crippen LogP contribution in [0.4, 0.5) is 0 Å². The molecule has 0 aliphatic carbocycles. The molecule has 13 nitrogen and oxygen atoms in total. The first-order chi connectivity index (χ1) is 21.6. The Balaban J connectivity index is 1.50. The number of aromatic amines is 2. The molecule has 0 aliphatic heterocycles. The van der Waals surface area contributed by atoms with Gasteiger partial charge >= 0.3 is 5.69 Å². The topological polar surface area (TPSA) is 191 Å². The predicted octanol–water partition coefficient (Wildman–Crippen LogP) is 2.73. The molecule has 2 amide bonds. The maximum Gasteiger partial charge on any atom is 0.365 e. The molecule has 0 saturated heterocycles. The van der Waals surface area contributed by atoms with E-state index in [2.05, 4.69) is 25.5 Å². The van der Waals surface area contributed by atoms with Gasteiger partial charge in [-0.2, -0.15) is 4.68 Å². The van der Waals surface area contributed by atoms with Crippen LogP contribution in [0.15, 0.2) is 71.7 Å². The van der Waals surface area contributed by atoms with Gasteiger partial charge in [0.05, 0.1) is 31.1 Å². The molecular weight excluding hydrogens is 574 g/mol. The van der Waals surface area contributed by atoms with Crippen LogP contribution in [0.5, 0.6) is 5.75 Å². The van der Waals surface area contributed by atoms with E-state index in [1.807, 2.05) is 51.1 Å². The van der Waals surface area contributed by atoms with Gasteiger partial charge in [-0.3, -0.25) is 9.59 Å². The zero-order valence-electron chi connectivity index (χ0n) is 25.4. The number of primary amides is 1. The lowest BCUT2D eigenvalue weighted by molar-refractivity contribution is -0.135. The van der Waals surface area contributed by atoms with Crippen LogP contribution in [0.1, 0.15) is 51.4 Å². The third kappa shape index (κ3) is 6.53. The lowest BCUT2D eigenvalue weighted by Gasteiger charge is -2.31. The Morgan fingerprint density at radius 3 is 2.40 bits per heavy atom. The fraction of sp³-hybridized carbons (Fsp3) is 0.250. The van der Waals surface area contributed by atoms with Crippen LogP contribution in [-0.2, 0) is 17.8 Å². The van der Waals surface area contributed by atoms with Crippen molar-refractivity contribution in [3.63, 3.8) is 0 Å². The predicted molar refractivity (Wildman–Crippen MR) is 168 cm³/mol. The van der Waals surface area contributed by atoms with Crippen LogP contribution >= 0.6 is 0 Å². The number of aromatic nitrogens is 6. The summed E-state index contributed by atoms with van der Waals surface area (Å²) in [6.07, 6.45) is 1.98. The maximum absolute atomic E-state index is 14.2. The zero-order chi connectivity index (χ0) is 32.2. The van der Waals surface area contributed by atoms with Gasteiger partial charge in [-0.1, -0.05) is 36.4 Å². The Bertz CT molecular complexity index is 1870. The number of imidazole rings is 1. The smallest absolute Gasteiger partial charge is 0.365 e. The summed E-state index contributed by atoms with van der Waals surface area (Å²) in [5.41, 5.74) is 17.3. The zero-order valence-corrected chi connectivity index (χ0v) is 25.4. The summed E-state index contributed by atoms with van der Waals surface area (Å²) in [5, 5.41) is 9.71. The van der Waals surface area contributed by atoms with Crippen molar-refractivity contribution in [3.05, 3.63) is 111 Å². The molecular formula is C32H35N9O4. The molecule has 0 radical (unpaired) electrons. The number of hydrogen-bond acceptors (Lipinski definition) is 8. The van der Waals surface area contributed by atoms with Crippen molar-refractivity contribution in [1.29, 1.82) is 0 Å². The number of amides is 2. The summed E-state index contributed by atoms with van der Waals surface area (Å²) < 4.78 is 6.54. The van der Waals surface area contributed by atoms with E-state index in [1.165, 1.54) is 7.11 Å². The molecule has 232 valence electrons. The number of carbonyl (C=O) groups is 2. The third-order valence-corrected chi connectivity index (χ3v) is 7.84. The third-order valence-electron chi connectivity index (χ3n) is 7.84. The molecule has 0 saturated carbocycles. The normalized spacial score (nSPS) is 12.5. The number of H-pyrrole nitrogens is 2. The average Bonchev–Trinajstić information content (AvgIpc) is 3.70. The van der Waals surface area contributed by atoms with Crippen molar-refractivity contribution >= 4 is 11.8 Å². The SMILES string of the molecule is COc1ccc(CN(C(=O)[C@@H](N)Cc2c(C)cc(C(N)=O)cc2C)[C@@H](C)c2ncc(-c3ccccc3)[nH]2)cc1-n1nn[nH]c1=O. The van der Waals surface area contributed by atoms with Gasteiger partial charge in [0.1, 0.15) is 17.3 Å². The summed E-state index contributed by atoms with van der Waals surface area (Å²) in [4.78, 5) is 47.9. The van der Waals surface area contributed by atoms with Crippen molar-refractivity contribution in [2.24, 2.45) is 11.5 Å². The van der Waals surface area contributed by atoms with Gasteiger partial charge in [-0.25, -0.2) is 14.9 Å². The molecule has 6 N–H and O–H groups in total. The van der Waals surface area contributed by atoms with E-state index >= 15 is 0 Å². The number of aryl methyl sites for hydroxylation is 2. The Morgan fingerprint density at radius 1 is 1.07 bits per heavy atom. The second kappa shape index (κ2) is 13.0. The molecule has 0 fully saturated rings. The summed E-state index contributed by atoms with van der Waals surface area (Å²) in [6, 6.07) is 17.0. The number of rotatable bonds is 11. The molecule has 2 heterocycles. The molecule has 0 bridgehead atoms. The number of nitrogens with zero attached hydrogens (tertiary/aromatic N) is 5. The maximum atomic E-state index is 14.2. The minimum Gasteiger partial charge on any atom is -0.494 e.